The van der Waals surface area contributed by atoms with Crippen molar-refractivity contribution in [2.75, 3.05) is 0 Å². The summed E-state index contributed by atoms with van der Waals surface area (Å²) >= 11 is 5.93. The number of benzene rings is 1. The van der Waals surface area contributed by atoms with Crippen molar-refractivity contribution in [3.05, 3.63) is 52.8 Å². The molecule has 0 radical (unpaired) electrons. The molecule has 102 valence electrons. The molecule has 1 aromatic carbocycles. The fourth-order valence-electron chi connectivity index (χ4n) is 1.90. The Morgan fingerprint density at radius 2 is 2.05 bits per heavy atom. The lowest BCUT2D eigenvalue weighted by Crippen LogP contribution is -2.28. The monoisotopic (exact) mass is 281 g/mol. The summed E-state index contributed by atoms with van der Waals surface area (Å²) in [5.74, 6) is 0.697. The van der Waals surface area contributed by atoms with Crippen molar-refractivity contribution in [2.45, 2.75) is 25.9 Å². The van der Waals surface area contributed by atoms with Crippen molar-refractivity contribution >= 4 is 11.6 Å². The topological polar surface area (TPSA) is 29.9 Å². The predicted octanol–water partition coefficient (Wildman–Crippen LogP) is 2.93. The Bertz CT molecular complexity index is 536. The number of halogens is 2. The maximum absolute atomic E-state index is 12.8. The largest absolute Gasteiger partial charge is 0.321 e. The summed E-state index contributed by atoms with van der Waals surface area (Å²) in [7, 11) is 1.89. The summed E-state index contributed by atoms with van der Waals surface area (Å²) in [6.07, 6.45) is 2.49. The number of rotatable bonds is 5. The van der Waals surface area contributed by atoms with E-state index in [4.69, 9.17) is 11.6 Å². The van der Waals surface area contributed by atoms with Gasteiger partial charge >= 0.3 is 0 Å². The van der Waals surface area contributed by atoms with Crippen LogP contribution in [0.4, 0.5) is 4.39 Å². The first-order valence-electron chi connectivity index (χ1n) is 6.20. The standard InChI is InChI=1S/C14H17ClFN3/c1-10(7-11-3-5-12(16)6-4-11)17-9-14-18-8-13(15)19(14)2/h3-6,8,10,17H,7,9H2,1-2H3. The van der Waals surface area contributed by atoms with Gasteiger partial charge in [-0.1, -0.05) is 23.7 Å². The number of nitrogens with zero attached hydrogens (tertiary/aromatic N) is 2. The molecule has 19 heavy (non-hydrogen) atoms. The lowest BCUT2D eigenvalue weighted by molar-refractivity contribution is 0.525. The van der Waals surface area contributed by atoms with Gasteiger partial charge in [-0.3, -0.25) is 0 Å². The van der Waals surface area contributed by atoms with E-state index in [1.165, 1.54) is 12.1 Å². The van der Waals surface area contributed by atoms with E-state index in [1.54, 1.807) is 6.20 Å². The molecular weight excluding hydrogens is 265 g/mol. The highest BCUT2D eigenvalue weighted by Gasteiger charge is 2.07. The van der Waals surface area contributed by atoms with Crippen LogP contribution in [0.5, 0.6) is 0 Å². The van der Waals surface area contributed by atoms with Crippen molar-refractivity contribution < 1.29 is 4.39 Å². The quantitative estimate of drug-likeness (QED) is 0.913. The van der Waals surface area contributed by atoms with E-state index in [0.29, 0.717) is 11.7 Å². The molecule has 1 N–H and O–H groups in total. The molecule has 0 aliphatic rings. The third kappa shape index (κ3) is 3.78. The van der Waals surface area contributed by atoms with E-state index >= 15 is 0 Å². The lowest BCUT2D eigenvalue weighted by atomic mass is 10.1. The number of hydrogen-bond donors (Lipinski definition) is 1. The average molecular weight is 282 g/mol. The predicted molar refractivity (Wildman–Crippen MR) is 74.6 cm³/mol. The zero-order valence-corrected chi connectivity index (χ0v) is 11.8. The second kappa shape index (κ2) is 6.17. The van der Waals surface area contributed by atoms with Gasteiger partial charge in [0.15, 0.2) is 0 Å². The molecule has 0 aliphatic carbocycles. The van der Waals surface area contributed by atoms with Gasteiger partial charge in [-0.2, -0.15) is 0 Å². The molecule has 1 heterocycles. The van der Waals surface area contributed by atoms with Gasteiger partial charge < -0.3 is 9.88 Å². The third-order valence-corrected chi connectivity index (χ3v) is 3.44. The highest BCUT2D eigenvalue weighted by Crippen LogP contribution is 2.10. The van der Waals surface area contributed by atoms with Gasteiger partial charge in [0.1, 0.15) is 16.8 Å². The number of nitrogens with one attached hydrogen (secondary N) is 1. The minimum absolute atomic E-state index is 0.202. The molecule has 0 amide bonds. The molecule has 0 fully saturated rings. The van der Waals surface area contributed by atoms with Crippen LogP contribution in [-0.2, 0) is 20.0 Å². The molecule has 0 saturated carbocycles. The molecule has 2 rings (SSSR count). The average Bonchev–Trinajstić information content (AvgIpc) is 2.70. The Balaban J connectivity index is 1.86. The molecule has 1 unspecified atom stereocenters. The van der Waals surface area contributed by atoms with Gasteiger partial charge in [0.2, 0.25) is 0 Å². The fourth-order valence-corrected chi connectivity index (χ4v) is 2.05. The van der Waals surface area contributed by atoms with Crippen molar-refractivity contribution in [3.8, 4) is 0 Å². The molecule has 0 aliphatic heterocycles. The second-order valence-corrected chi connectivity index (χ2v) is 5.06. The van der Waals surface area contributed by atoms with Gasteiger partial charge in [-0.05, 0) is 31.0 Å². The molecule has 0 spiro atoms. The molecule has 1 atom stereocenters. The Morgan fingerprint density at radius 3 is 2.63 bits per heavy atom. The van der Waals surface area contributed by atoms with E-state index in [1.807, 2.05) is 23.7 Å². The lowest BCUT2D eigenvalue weighted by Gasteiger charge is -2.13. The van der Waals surface area contributed by atoms with Gasteiger partial charge in [-0.25, -0.2) is 9.37 Å². The van der Waals surface area contributed by atoms with Crippen LogP contribution in [0, 0.1) is 5.82 Å². The first-order valence-corrected chi connectivity index (χ1v) is 6.58. The zero-order valence-electron chi connectivity index (χ0n) is 11.0. The minimum Gasteiger partial charge on any atom is -0.321 e. The zero-order chi connectivity index (χ0) is 13.8. The molecular formula is C14H17ClFN3. The van der Waals surface area contributed by atoms with Crippen LogP contribution in [0.15, 0.2) is 30.5 Å². The Morgan fingerprint density at radius 1 is 1.37 bits per heavy atom. The Kier molecular flexibility index (Phi) is 4.56. The van der Waals surface area contributed by atoms with Crippen LogP contribution >= 0.6 is 11.6 Å². The summed E-state index contributed by atoms with van der Waals surface area (Å²) < 4.78 is 14.6. The van der Waals surface area contributed by atoms with E-state index in [-0.39, 0.29) is 11.9 Å². The first-order chi connectivity index (χ1) is 9.06. The summed E-state index contributed by atoms with van der Waals surface area (Å²) in [5, 5.41) is 4.01. The van der Waals surface area contributed by atoms with Crippen molar-refractivity contribution in [2.24, 2.45) is 7.05 Å². The molecule has 5 heteroatoms. The molecule has 3 nitrogen and oxygen atoms in total. The van der Waals surface area contributed by atoms with Crippen LogP contribution in [0.3, 0.4) is 0 Å². The number of aromatic nitrogens is 2. The molecule has 2 aromatic rings. The normalized spacial score (nSPS) is 12.6. The van der Waals surface area contributed by atoms with Crippen molar-refractivity contribution in [1.82, 2.24) is 14.9 Å². The summed E-state index contributed by atoms with van der Waals surface area (Å²) in [6.45, 7) is 2.75. The SMILES string of the molecule is CC(Cc1ccc(F)cc1)NCc1ncc(Cl)n1C. The van der Waals surface area contributed by atoms with Gasteiger partial charge in [0.05, 0.1) is 12.7 Å². The van der Waals surface area contributed by atoms with Crippen molar-refractivity contribution in [3.63, 3.8) is 0 Å². The van der Waals surface area contributed by atoms with Crippen LogP contribution in [0.1, 0.15) is 18.3 Å². The maximum atomic E-state index is 12.8. The Labute approximate surface area is 117 Å². The van der Waals surface area contributed by atoms with Gasteiger partial charge in [0.25, 0.3) is 0 Å². The maximum Gasteiger partial charge on any atom is 0.128 e. The number of hydrogen-bond acceptors (Lipinski definition) is 2. The van der Waals surface area contributed by atoms with Crippen LogP contribution in [0.25, 0.3) is 0 Å². The smallest absolute Gasteiger partial charge is 0.128 e. The van der Waals surface area contributed by atoms with E-state index in [2.05, 4.69) is 17.2 Å². The van der Waals surface area contributed by atoms with Crippen LogP contribution in [-0.4, -0.2) is 15.6 Å². The highest BCUT2D eigenvalue weighted by atomic mass is 35.5. The summed E-state index contributed by atoms with van der Waals surface area (Å²) in [4.78, 5) is 4.22. The second-order valence-electron chi connectivity index (χ2n) is 4.67. The first kappa shape index (κ1) is 14.0. The summed E-state index contributed by atoms with van der Waals surface area (Å²) in [5.41, 5.74) is 1.11. The third-order valence-electron chi connectivity index (χ3n) is 3.09. The highest BCUT2D eigenvalue weighted by molar-refractivity contribution is 6.29. The number of imidazole rings is 1. The van der Waals surface area contributed by atoms with Crippen molar-refractivity contribution in [1.29, 1.82) is 0 Å². The molecule has 0 saturated heterocycles. The van der Waals surface area contributed by atoms with Gasteiger partial charge in [-0.15, -0.1) is 0 Å². The van der Waals surface area contributed by atoms with E-state index in [0.717, 1.165) is 17.8 Å². The van der Waals surface area contributed by atoms with E-state index in [9.17, 15) is 4.39 Å². The minimum atomic E-state index is -0.202. The van der Waals surface area contributed by atoms with E-state index < -0.39 is 0 Å². The van der Waals surface area contributed by atoms with Gasteiger partial charge in [0, 0.05) is 13.1 Å². The molecule has 0 bridgehead atoms. The molecule has 1 aromatic heterocycles. The van der Waals surface area contributed by atoms with Crippen LogP contribution in [0.2, 0.25) is 5.15 Å². The summed E-state index contributed by atoms with van der Waals surface area (Å²) in [6, 6.07) is 6.87. The van der Waals surface area contributed by atoms with Crippen LogP contribution < -0.4 is 5.32 Å². The fraction of sp³-hybridized carbons (Fsp3) is 0.357. The Hall–Kier alpha value is -1.39.